The van der Waals surface area contributed by atoms with Gasteiger partial charge in [0.05, 0.1) is 19.8 Å². The van der Waals surface area contributed by atoms with Gasteiger partial charge in [0.2, 0.25) is 0 Å². The number of alkyl carbamates (subject to hydrolysis) is 3. The Labute approximate surface area is 122 Å². The summed E-state index contributed by atoms with van der Waals surface area (Å²) in [7, 11) is 0. The molecule has 0 aromatic rings. The molecule has 1 unspecified atom stereocenters. The van der Waals surface area contributed by atoms with E-state index in [9.17, 15) is 19.5 Å². The molecule has 10 heteroatoms. The van der Waals surface area contributed by atoms with Crippen LogP contribution >= 0.6 is 0 Å². The molecule has 0 saturated heterocycles. The number of rotatable bonds is 7. The van der Waals surface area contributed by atoms with Crippen molar-refractivity contribution in [3.05, 3.63) is 0 Å². The first-order chi connectivity index (χ1) is 9.94. The number of ether oxygens (including phenoxy) is 3. The summed E-state index contributed by atoms with van der Waals surface area (Å²) in [4.78, 5) is 33.9. The molecule has 21 heavy (non-hydrogen) atoms. The van der Waals surface area contributed by atoms with Crippen molar-refractivity contribution in [3.63, 3.8) is 0 Å². The summed E-state index contributed by atoms with van der Waals surface area (Å²) in [5, 5.41) is 16.1. The first-order valence-corrected chi connectivity index (χ1v) is 6.42. The van der Waals surface area contributed by atoms with Crippen LogP contribution < -0.4 is 16.0 Å². The summed E-state index contributed by atoms with van der Waals surface area (Å²) in [6.07, 6.45) is -5.68. The van der Waals surface area contributed by atoms with E-state index in [4.69, 9.17) is 0 Å². The molecule has 0 aliphatic rings. The molecule has 0 aromatic carbocycles. The van der Waals surface area contributed by atoms with Gasteiger partial charge in [-0.3, -0.25) is 16.0 Å². The lowest BCUT2D eigenvalue weighted by Gasteiger charge is -2.24. The van der Waals surface area contributed by atoms with Gasteiger partial charge in [0.25, 0.3) is 0 Å². The maximum Gasteiger partial charge on any atom is 0.409 e. The van der Waals surface area contributed by atoms with Gasteiger partial charge in [-0.15, -0.1) is 0 Å². The van der Waals surface area contributed by atoms with Crippen molar-refractivity contribution in [2.24, 2.45) is 0 Å². The van der Waals surface area contributed by atoms with E-state index >= 15 is 0 Å². The lowest BCUT2D eigenvalue weighted by Crippen LogP contribution is -2.60. The Morgan fingerprint density at radius 1 is 0.810 bits per heavy atom. The summed E-state index contributed by atoms with van der Waals surface area (Å²) in [6.45, 7) is 5.04. The van der Waals surface area contributed by atoms with Crippen LogP contribution in [0, 0.1) is 0 Å². The number of carbonyl (C=O) groups is 3. The van der Waals surface area contributed by atoms with E-state index in [0.29, 0.717) is 0 Å². The molecule has 0 aromatic heterocycles. The van der Waals surface area contributed by atoms with Crippen LogP contribution in [0.5, 0.6) is 0 Å². The van der Waals surface area contributed by atoms with Gasteiger partial charge in [-0.25, -0.2) is 14.4 Å². The number of carbonyl (C=O) groups excluding carboxylic acids is 3. The molecule has 0 saturated carbocycles. The molecule has 0 aliphatic carbocycles. The van der Waals surface area contributed by atoms with Crippen molar-refractivity contribution in [2.45, 2.75) is 33.2 Å². The van der Waals surface area contributed by atoms with E-state index in [1.807, 2.05) is 5.32 Å². The third-order valence-electron chi connectivity index (χ3n) is 1.95. The molecule has 10 nitrogen and oxygen atoms in total. The maximum absolute atomic E-state index is 11.3. The van der Waals surface area contributed by atoms with Crippen LogP contribution in [0.2, 0.25) is 0 Å². The highest BCUT2D eigenvalue weighted by molar-refractivity contribution is 5.72. The minimum atomic E-state index is -1.64. The molecule has 0 bridgehead atoms. The number of hydrogen-bond acceptors (Lipinski definition) is 7. The average Bonchev–Trinajstić information content (AvgIpc) is 2.38. The molecule has 0 fully saturated rings. The first-order valence-electron chi connectivity index (χ1n) is 6.42. The van der Waals surface area contributed by atoms with Gasteiger partial charge >= 0.3 is 18.3 Å². The Hall–Kier alpha value is -2.23. The highest BCUT2D eigenvalue weighted by Crippen LogP contribution is 1.92. The Morgan fingerprint density at radius 2 is 1.14 bits per heavy atom. The van der Waals surface area contributed by atoms with Crippen molar-refractivity contribution < 1.29 is 33.7 Å². The molecule has 0 rings (SSSR count). The molecule has 3 amide bonds. The third-order valence-corrected chi connectivity index (χ3v) is 1.95. The maximum atomic E-state index is 11.3. The lowest BCUT2D eigenvalue weighted by atomic mass is 10.4. The van der Waals surface area contributed by atoms with Crippen molar-refractivity contribution >= 4 is 18.3 Å². The zero-order valence-corrected chi connectivity index (χ0v) is 12.2. The van der Waals surface area contributed by atoms with Crippen LogP contribution in [-0.4, -0.2) is 55.6 Å². The quantitative estimate of drug-likeness (QED) is 0.380. The summed E-state index contributed by atoms with van der Waals surface area (Å²) in [6, 6.07) is 0. The molecular formula is C11H21N3O7. The largest absolute Gasteiger partial charge is 0.450 e. The first kappa shape index (κ1) is 18.8. The highest BCUT2D eigenvalue weighted by Gasteiger charge is 2.26. The normalized spacial score (nSPS) is 11.3. The predicted molar refractivity (Wildman–Crippen MR) is 70.3 cm³/mol. The Bertz CT molecular complexity index is 331. The molecule has 1 atom stereocenters. The van der Waals surface area contributed by atoms with Crippen LogP contribution in [0.1, 0.15) is 20.8 Å². The van der Waals surface area contributed by atoms with Crippen molar-refractivity contribution in [3.8, 4) is 0 Å². The second-order valence-electron chi connectivity index (χ2n) is 3.52. The summed E-state index contributed by atoms with van der Waals surface area (Å²) >= 11 is 0. The molecule has 122 valence electrons. The molecule has 0 aliphatic heterocycles. The van der Waals surface area contributed by atoms with Crippen molar-refractivity contribution in [2.75, 3.05) is 19.8 Å². The van der Waals surface area contributed by atoms with Gasteiger partial charge < -0.3 is 19.3 Å². The number of amides is 3. The van der Waals surface area contributed by atoms with E-state index in [-0.39, 0.29) is 19.8 Å². The van der Waals surface area contributed by atoms with E-state index in [2.05, 4.69) is 24.8 Å². The van der Waals surface area contributed by atoms with E-state index in [1.165, 1.54) is 0 Å². The minimum Gasteiger partial charge on any atom is -0.450 e. The lowest BCUT2D eigenvalue weighted by molar-refractivity contribution is 0.0573. The molecule has 0 heterocycles. The zero-order chi connectivity index (χ0) is 16.3. The van der Waals surface area contributed by atoms with Crippen LogP contribution in [0.4, 0.5) is 14.4 Å². The molecular weight excluding hydrogens is 286 g/mol. The fourth-order valence-electron chi connectivity index (χ4n) is 1.17. The standard InChI is InChI=1S/C11H21N3O7/c1-4-19-9(16)12-7(13-10(17)20-5-2)8(15)14-11(18)21-6-3/h7-8,15H,4-6H2,1-3H3,(H,12,16)(H,13,17)(H,14,18). The zero-order valence-electron chi connectivity index (χ0n) is 12.2. The van der Waals surface area contributed by atoms with E-state index in [0.717, 1.165) is 0 Å². The summed E-state index contributed by atoms with van der Waals surface area (Å²) in [5.41, 5.74) is 0. The van der Waals surface area contributed by atoms with Gasteiger partial charge in [0, 0.05) is 0 Å². The average molecular weight is 307 g/mol. The Morgan fingerprint density at radius 3 is 1.48 bits per heavy atom. The topological polar surface area (TPSA) is 135 Å². The van der Waals surface area contributed by atoms with Crippen LogP contribution in [0.15, 0.2) is 0 Å². The predicted octanol–water partition coefficient (Wildman–Crippen LogP) is -0.131. The molecule has 0 spiro atoms. The smallest absolute Gasteiger partial charge is 0.409 e. The summed E-state index contributed by atoms with van der Waals surface area (Å²) in [5.74, 6) is 0. The monoisotopic (exact) mass is 307 g/mol. The fraction of sp³-hybridized carbons (Fsp3) is 0.727. The second-order valence-corrected chi connectivity index (χ2v) is 3.52. The van der Waals surface area contributed by atoms with Gasteiger partial charge in [0.15, 0.2) is 12.4 Å². The van der Waals surface area contributed by atoms with Crippen molar-refractivity contribution in [1.82, 2.24) is 16.0 Å². The van der Waals surface area contributed by atoms with Crippen LogP contribution in [-0.2, 0) is 14.2 Å². The third kappa shape index (κ3) is 8.52. The minimum absolute atomic E-state index is 0.0966. The fourth-order valence-corrected chi connectivity index (χ4v) is 1.17. The number of aliphatic hydroxyl groups is 1. The van der Waals surface area contributed by atoms with Crippen molar-refractivity contribution in [1.29, 1.82) is 0 Å². The highest BCUT2D eigenvalue weighted by atomic mass is 16.6. The van der Waals surface area contributed by atoms with Gasteiger partial charge in [-0.2, -0.15) is 0 Å². The van der Waals surface area contributed by atoms with Gasteiger partial charge in [0.1, 0.15) is 0 Å². The molecule has 4 N–H and O–H groups in total. The second kappa shape index (κ2) is 10.5. The summed E-state index contributed by atoms with van der Waals surface area (Å²) < 4.78 is 13.8. The number of nitrogens with one attached hydrogen (secondary N) is 3. The van der Waals surface area contributed by atoms with Gasteiger partial charge in [-0.05, 0) is 20.8 Å². The number of hydrogen-bond donors (Lipinski definition) is 4. The number of aliphatic hydroxyl groups excluding tert-OH is 1. The Balaban J connectivity index is 4.64. The Kier molecular flexibility index (Phi) is 9.43. The molecule has 0 radical (unpaired) electrons. The van der Waals surface area contributed by atoms with Crippen LogP contribution in [0.3, 0.4) is 0 Å². The van der Waals surface area contributed by atoms with Crippen LogP contribution in [0.25, 0.3) is 0 Å². The van der Waals surface area contributed by atoms with E-state index < -0.39 is 30.7 Å². The van der Waals surface area contributed by atoms with E-state index in [1.54, 1.807) is 20.8 Å². The SMILES string of the molecule is CCOC(=O)NC(O)C(NC(=O)OCC)NC(=O)OCC. The van der Waals surface area contributed by atoms with Gasteiger partial charge in [-0.1, -0.05) is 0 Å².